The first-order chi connectivity index (χ1) is 12.3. The minimum atomic E-state index is 0.623. The van der Waals surface area contributed by atoms with Gasteiger partial charge in [-0.25, -0.2) is 4.68 Å². The highest BCUT2D eigenvalue weighted by Crippen LogP contribution is 2.14. The Kier molecular flexibility index (Phi) is 8.14. The first-order valence-corrected chi connectivity index (χ1v) is 8.40. The van der Waals surface area contributed by atoms with Crippen LogP contribution in [0.2, 0.25) is 0 Å². The number of tetrazole rings is 1. The van der Waals surface area contributed by atoms with Gasteiger partial charge in [-0.3, -0.25) is 0 Å². The van der Waals surface area contributed by atoms with Gasteiger partial charge in [0, 0.05) is 33.9 Å². The van der Waals surface area contributed by atoms with Gasteiger partial charge in [-0.05, 0) is 41.0 Å². The maximum absolute atomic E-state index is 5.21. The average molecular weight is 349 g/mol. The van der Waals surface area contributed by atoms with Crippen LogP contribution >= 0.6 is 0 Å². The van der Waals surface area contributed by atoms with Crippen molar-refractivity contribution in [3.05, 3.63) is 29.8 Å². The van der Waals surface area contributed by atoms with Gasteiger partial charge >= 0.3 is 0 Å². The van der Waals surface area contributed by atoms with Gasteiger partial charge in [-0.2, -0.15) is 0 Å². The number of rotatable bonds is 12. The summed E-state index contributed by atoms with van der Waals surface area (Å²) in [5, 5.41) is 12.2. The van der Waals surface area contributed by atoms with E-state index < -0.39 is 0 Å². The topological polar surface area (TPSA) is 74.5 Å². The Balaban J connectivity index is 1.99. The maximum Gasteiger partial charge on any atom is 0.245 e. The summed E-state index contributed by atoms with van der Waals surface area (Å²) in [6.07, 6.45) is 1.75. The molecule has 138 valence electrons. The third kappa shape index (κ3) is 5.99. The number of benzene rings is 1. The summed E-state index contributed by atoms with van der Waals surface area (Å²) in [6, 6.07) is 8.05. The van der Waals surface area contributed by atoms with E-state index in [1.807, 2.05) is 16.8 Å². The number of hydrogen-bond donors (Lipinski definition) is 0. The summed E-state index contributed by atoms with van der Waals surface area (Å²) >= 11 is 0. The molecule has 1 aromatic carbocycles. The second-order valence-corrected chi connectivity index (χ2v) is 5.63. The molecule has 0 amide bonds. The zero-order valence-electron chi connectivity index (χ0n) is 15.2. The molecular formula is C17H27N5O3. The SMILES string of the molecule is COCCCN(CCOC)c1nnnn1CCc1ccc(OC)cc1. The number of nitrogens with zero attached hydrogens (tertiary/aromatic N) is 5. The molecule has 0 atom stereocenters. The summed E-state index contributed by atoms with van der Waals surface area (Å²) < 4.78 is 17.4. The smallest absolute Gasteiger partial charge is 0.245 e. The van der Waals surface area contributed by atoms with E-state index >= 15 is 0 Å². The lowest BCUT2D eigenvalue weighted by Crippen LogP contribution is -2.32. The van der Waals surface area contributed by atoms with Gasteiger partial charge in [-0.15, -0.1) is 0 Å². The first kappa shape index (κ1) is 19.1. The summed E-state index contributed by atoms with van der Waals surface area (Å²) in [7, 11) is 5.07. The fourth-order valence-electron chi connectivity index (χ4n) is 2.51. The summed E-state index contributed by atoms with van der Waals surface area (Å²) in [6.45, 7) is 3.60. The van der Waals surface area contributed by atoms with Gasteiger partial charge in [0.2, 0.25) is 5.95 Å². The lowest BCUT2D eigenvalue weighted by molar-refractivity contribution is 0.190. The number of aryl methyl sites for hydroxylation is 2. The molecule has 0 saturated heterocycles. The monoisotopic (exact) mass is 349 g/mol. The third-order valence-corrected chi connectivity index (χ3v) is 3.91. The van der Waals surface area contributed by atoms with Crippen LogP contribution in [0.3, 0.4) is 0 Å². The maximum atomic E-state index is 5.21. The number of anilines is 1. The van der Waals surface area contributed by atoms with E-state index in [0.717, 1.165) is 37.6 Å². The van der Waals surface area contributed by atoms with Crippen molar-refractivity contribution < 1.29 is 14.2 Å². The fourth-order valence-corrected chi connectivity index (χ4v) is 2.51. The van der Waals surface area contributed by atoms with E-state index in [2.05, 4.69) is 32.6 Å². The number of aromatic nitrogens is 4. The normalized spacial score (nSPS) is 10.8. The first-order valence-electron chi connectivity index (χ1n) is 8.40. The standard InChI is InChI=1S/C17H27N5O3/c1-23-13-4-10-21(12-14-24-2)17-18-19-20-22(17)11-9-15-5-7-16(25-3)8-6-15/h5-8H,4,9-14H2,1-3H3. The number of hydrogen-bond acceptors (Lipinski definition) is 7. The number of ether oxygens (including phenoxy) is 3. The largest absolute Gasteiger partial charge is 0.497 e. The van der Waals surface area contributed by atoms with Crippen LogP contribution in [0.4, 0.5) is 5.95 Å². The molecular weight excluding hydrogens is 322 g/mol. The van der Waals surface area contributed by atoms with E-state index in [1.165, 1.54) is 5.56 Å². The summed E-state index contributed by atoms with van der Waals surface area (Å²) in [5.41, 5.74) is 1.21. The molecule has 0 spiro atoms. The predicted molar refractivity (Wildman–Crippen MR) is 95.1 cm³/mol. The van der Waals surface area contributed by atoms with Gasteiger partial charge < -0.3 is 19.1 Å². The highest BCUT2D eigenvalue weighted by Gasteiger charge is 2.14. The Morgan fingerprint density at radius 3 is 2.44 bits per heavy atom. The minimum Gasteiger partial charge on any atom is -0.497 e. The molecule has 0 N–H and O–H groups in total. The van der Waals surface area contributed by atoms with Crippen LogP contribution in [0.25, 0.3) is 0 Å². The second kappa shape index (κ2) is 10.6. The molecule has 0 aliphatic rings. The quantitative estimate of drug-likeness (QED) is 0.536. The molecule has 0 radical (unpaired) electrons. The van der Waals surface area contributed by atoms with Crippen LogP contribution in [0.5, 0.6) is 5.75 Å². The van der Waals surface area contributed by atoms with Crippen molar-refractivity contribution in [1.29, 1.82) is 0 Å². The molecule has 2 rings (SSSR count). The fraction of sp³-hybridized carbons (Fsp3) is 0.588. The van der Waals surface area contributed by atoms with Gasteiger partial charge in [-0.1, -0.05) is 17.2 Å². The highest BCUT2D eigenvalue weighted by atomic mass is 16.5. The highest BCUT2D eigenvalue weighted by molar-refractivity contribution is 5.29. The van der Waals surface area contributed by atoms with Crippen molar-refractivity contribution in [2.24, 2.45) is 0 Å². The Labute approximate surface area is 148 Å². The van der Waals surface area contributed by atoms with Crippen LogP contribution in [-0.4, -0.2) is 67.8 Å². The molecule has 0 unspecified atom stereocenters. The Morgan fingerprint density at radius 1 is 1.00 bits per heavy atom. The molecule has 0 aliphatic carbocycles. The average Bonchev–Trinajstić information content (AvgIpc) is 3.11. The molecule has 8 nitrogen and oxygen atoms in total. The van der Waals surface area contributed by atoms with E-state index in [0.29, 0.717) is 19.8 Å². The van der Waals surface area contributed by atoms with Crippen molar-refractivity contribution >= 4 is 5.95 Å². The van der Waals surface area contributed by atoms with Gasteiger partial charge in [0.1, 0.15) is 5.75 Å². The lowest BCUT2D eigenvalue weighted by Gasteiger charge is -2.22. The van der Waals surface area contributed by atoms with Gasteiger partial charge in [0.25, 0.3) is 0 Å². The van der Waals surface area contributed by atoms with Crippen molar-refractivity contribution in [3.63, 3.8) is 0 Å². The molecule has 0 bridgehead atoms. The predicted octanol–water partition coefficient (Wildman–Crippen LogP) is 1.41. The van der Waals surface area contributed by atoms with E-state index in [4.69, 9.17) is 14.2 Å². The van der Waals surface area contributed by atoms with Crippen molar-refractivity contribution in [3.8, 4) is 5.75 Å². The molecule has 2 aromatic rings. The van der Waals surface area contributed by atoms with E-state index in [-0.39, 0.29) is 0 Å². The molecule has 8 heteroatoms. The molecule has 0 aliphatic heterocycles. The Bertz CT molecular complexity index is 603. The summed E-state index contributed by atoms with van der Waals surface area (Å²) in [5.74, 6) is 1.62. The molecule has 0 saturated carbocycles. The Hall–Kier alpha value is -2.19. The third-order valence-electron chi connectivity index (χ3n) is 3.91. The van der Waals surface area contributed by atoms with Crippen LogP contribution in [0, 0.1) is 0 Å². The van der Waals surface area contributed by atoms with Crippen molar-refractivity contribution in [2.75, 3.05) is 52.5 Å². The zero-order valence-corrected chi connectivity index (χ0v) is 15.2. The van der Waals surface area contributed by atoms with Gasteiger partial charge in [0.05, 0.1) is 20.3 Å². The molecule has 1 heterocycles. The van der Waals surface area contributed by atoms with Crippen molar-refractivity contribution in [2.45, 2.75) is 19.4 Å². The molecule has 25 heavy (non-hydrogen) atoms. The van der Waals surface area contributed by atoms with E-state index in [9.17, 15) is 0 Å². The molecule has 0 fully saturated rings. The summed E-state index contributed by atoms with van der Waals surface area (Å²) in [4.78, 5) is 2.14. The van der Waals surface area contributed by atoms with Crippen LogP contribution in [-0.2, 0) is 22.4 Å². The Morgan fingerprint density at radius 2 is 1.76 bits per heavy atom. The minimum absolute atomic E-state index is 0.623. The van der Waals surface area contributed by atoms with E-state index in [1.54, 1.807) is 21.3 Å². The van der Waals surface area contributed by atoms with Crippen molar-refractivity contribution in [1.82, 2.24) is 20.2 Å². The lowest BCUT2D eigenvalue weighted by atomic mass is 10.1. The van der Waals surface area contributed by atoms with Crippen LogP contribution < -0.4 is 9.64 Å². The van der Waals surface area contributed by atoms with Gasteiger partial charge in [0.15, 0.2) is 0 Å². The second-order valence-electron chi connectivity index (χ2n) is 5.63. The van der Waals surface area contributed by atoms with Crippen LogP contribution in [0.15, 0.2) is 24.3 Å². The van der Waals surface area contributed by atoms with Crippen LogP contribution in [0.1, 0.15) is 12.0 Å². The molecule has 1 aromatic heterocycles. The zero-order chi connectivity index (χ0) is 17.9. The number of methoxy groups -OCH3 is 3.